The highest BCUT2D eigenvalue weighted by atomic mass is 16.3. The molecule has 0 aromatic rings. The number of aliphatic hydroxyl groups is 1. The average Bonchev–Trinajstić information content (AvgIpc) is 3.01. The minimum absolute atomic E-state index is 0.0952. The van der Waals surface area contributed by atoms with Crippen molar-refractivity contribution in [2.24, 2.45) is 52.3 Å². The summed E-state index contributed by atoms with van der Waals surface area (Å²) in [5.41, 5.74) is 0.437. The van der Waals surface area contributed by atoms with Gasteiger partial charge in [-0.2, -0.15) is 0 Å². The Morgan fingerprint density at radius 3 is 2.68 bits per heavy atom. The lowest BCUT2D eigenvalue weighted by Crippen LogP contribution is -2.51. The van der Waals surface area contributed by atoms with Crippen LogP contribution in [0.25, 0.3) is 0 Å². The largest absolute Gasteiger partial charge is 0.393 e. The Hall–Kier alpha value is -0.670. The fraction of sp³-hybridized carbons (Fsp3) is 0.893. The summed E-state index contributed by atoms with van der Waals surface area (Å²) >= 11 is 0. The van der Waals surface area contributed by atoms with Crippen LogP contribution in [-0.2, 0) is 4.79 Å². The monoisotopic (exact) mass is 427 g/mol. The lowest BCUT2D eigenvalue weighted by molar-refractivity contribution is -0.144. The van der Waals surface area contributed by atoms with Gasteiger partial charge in [0, 0.05) is 24.9 Å². The van der Waals surface area contributed by atoms with E-state index in [1.807, 2.05) is 0 Å². The summed E-state index contributed by atoms with van der Waals surface area (Å²) in [6.07, 6.45) is 13.5. The summed E-state index contributed by atoms with van der Waals surface area (Å²) in [4.78, 5) is 15.8. The molecular formula is C28H45NO2. The van der Waals surface area contributed by atoms with Gasteiger partial charge >= 0.3 is 0 Å². The van der Waals surface area contributed by atoms with Gasteiger partial charge in [-0.3, -0.25) is 4.79 Å². The van der Waals surface area contributed by atoms with Crippen LogP contribution >= 0.6 is 0 Å². The number of Topliss-reactive ketones (excluding diaryl/α,β-unsaturated/α-hetero) is 1. The first-order valence-corrected chi connectivity index (χ1v) is 13.2. The molecule has 1 saturated heterocycles. The zero-order valence-electron chi connectivity index (χ0n) is 20.5. The maximum absolute atomic E-state index is 13.2. The van der Waals surface area contributed by atoms with Gasteiger partial charge in [-0.1, -0.05) is 39.8 Å². The molecule has 3 nitrogen and oxygen atoms in total. The summed E-state index contributed by atoms with van der Waals surface area (Å²) in [5, 5.41) is 10.3. The van der Waals surface area contributed by atoms with Crippen LogP contribution < -0.4 is 0 Å². The fourth-order valence-corrected chi connectivity index (χ4v) is 9.35. The predicted octanol–water partition coefficient (Wildman–Crippen LogP) is 5.33. The van der Waals surface area contributed by atoms with Gasteiger partial charge in [0.15, 0.2) is 0 Å². The third-order valence-electron chi connectivity index (χ3n) is 11.1. The second-order valence-electron chi connectivity index (χ2n) is 13.1. The van der Waals surface area contributed by atoms with Crippen molar-refractivity contribution in [1.82, 2.24) is 4.90 Å². The van der Waals surface area contributed by atoms with Crippen LogP contribution in [0.2, 0.25) is 0 Å². The van der Waals surface area contributed by atoms with Crippen molar-refractivity contribution < 1.29 is 9.90 Å². The highest BCUT2D eigenvalue weighted by Gasteiger charge is 2.62. The molecule has 11 atom stereocenters. The van der Waals surface area contributed by atoms with Gasteiger partial charge in [0.1, 0.15) is 5.78 Å². The number of piperidine rings is 1. The molecule has 31 heavy (non-hydrogen) atoms. The third kappa shape index (κ3) is 3.48. The predicted molar refractivity (Wildman–Crippen MR) is 125 cm³/mol. The van der Waals surface area contributed by atoms with Gasteiger partial charge in [-0.25, -0.2) is 0 Å². The Bertz CT molecular complexity index is 747. The number of aliphatic hydroxyl groups excluding tert-OH is 1. The number of fused-ring (bicyclic) bond motifs is 5. The molecule has 3 heteroatoms. The number of ketones is 1. The van der Waals surface area contributed by atoms with E-state index in [-0.39, 0.29) is 17.4 Å². The van der Waals surface area contributed by atoms with E-state index in [1.165, 1.54) is 32.2 Å². The minimum Gasteiger partial charge on any atom is -0.393 e. The molecule has 1 N–H and O–H groups in total. The Labute approximate surface area is 190 Å². The first-order chi connectivity index (χ1) is 14.6. The summed E-state index contributed by atoms with van der Waals surface area (Å²) in [7, 11) is 2.34. The molecule has 3 saturated carbocycles. The van der Waals surface area contributed by atoms with Gasteiger partial charge in [0.2, 0.25) is 0 Å². The SMILES string of the molecule is CC1CCC([C@@H](C)[C@@H]2C=C[C@H]3[C@@H]4CC(=O)[C@H]5C[C@@H](O)CC[C@]5(C)[C@H]4C[C@@]3(C)C2)N(C)C1. The second kappa shape index (κ2) is 7.69. The van der Waals surface area contributed by atoms with E-state index in [2.05, 4.69) is 51.8 Å². The van der Waals surface area contributed by atoms with Crippen LogP contribution in [0.5, 0.6) is 0 Å². The van der Waals surface area contributed by atoms with Crippen molar-refractivity contribution >= 4 is 5.78 Å². The van der Waals surface area contributed by atoms with E-state index in [9.17, 15) is 9.90 Å². The normalized spacial score (nSPS) is 53.5. The summed E-state index contributed by atoms with van der Waals surface area (Å²) in [6.45, 7) is 11.1. The maximum Gasteiger partial charge on any atom is 0.136 e. The summed E-state index contributed by atoms with van der Waals surface area (Å²) in [5.74, 6) is 4.48. The molecule has 0 amide bonds. The average molecular weight is 428 g/mol. The Balaban J connectivity index is 1.37. The number of rotatable bonds is 2. The first-order valence-electron chi connectivity index (χ1n) is 13.2. The molecule has 5 aliphatic rings. The van der Waals surface area contributed by atoms with Crippen LogP contribution in [0.15, 0.2) is 12.2 Å². The van der Waals surface area contributed by atoms with E-state index in [0.29, 0.717) is 53.3 Å². The summed E-state index contributed by atoms with van der Waals surface area (Å²) in [6, 6.07) is 0.706. The summed E-state index contributed by atoms with van der Waals surface area (Å²) < 4.78 is 0. The lowest BCUT2D eigenvalue weighted by Gasteiger charge is -2.52. The van der Waals surface area contributed by atoms with Crippen molar-refractivity contribution in [3.63, 3.8) is 0 Å². The molecule has 0 radical (unpaired) electrons. The second-order valence-corrected chi connectivity index (χ2v) is 13.1. The Morgan fingerprint density at radius 1 is 1.16 bits per heavy atom. The van der Waals surface area contributed by atoms with E-state index in [0.717, 1.165) is 25.2 Å². The zero-order valence-corrected chi connectivity index (χ0v) is 20.5. The highest BCUT2D eigenvalue weighted by Crippen LogP contribution is 2.67. The van der Waals surface area contributed by atoms with Crippen LogP contribution in [0.3, 0.4) is 0 Å². The molecule has 5 rings (SSSR count). The Morgan fingerprint density at radius 2 is 1.94 bits per heavy atom. The molecule has 4 fully saturated rings. The van der Waals surface area contributed by atoms with E-state index >= 15 is 0 Å². The third-order valence-corrected chi connectivity index (χ3v) is 11.1. The molecule has 0 spiro atoms. The number of nitrogens with zero attached hydrogens (tertiary/aromatic N) is 1. The van der Waals surface area contributed by atoms with Gasteiger partial charge in [0.05, 0.1) is 6.10 Å². The number of allylic oxidation sites excluding steroid dienone is 2. The van der Waals surface area contributed by atoms with Crippen LogP contribution in [-0.4, -0.2) is 41.5 Å². The molecule has 0 bridgehead atoms. The number of carbonyl (C=O) groups excluding carboxylic acids is 1. The van der Waals surface area contributed by atoms with Gasteiger partial charge in [-0.15, -0.1) is 0 Å². The van der Waals surface area contributed by atoms with E-state index < -0.39 is 0 Å². The van der Waals surface area contributed by atoms with Crippen LogP contribution in [0.4, 0.5) is 0 Å². The number of hydrogen-bond acceptors (Lipinski definition) is 3. The molecule has 1 heterocycles. The number of likely N-dealkylation sites (tertiary alicyclic amines) is 1. The highest BCUT2D eigenvalue weighted by molar-refractivity contribution is 5.83. The van der Waals surface area contributed by atoms with Crippen molar-refractivity contribution in [3.05, 3.63) is 12.2 Å². The van der Waals surface area contributed by atoms with Crippen LogP contribution in [0.1, 0.15) is 79.1 Å². The van der Waals surface area contributed by atoms with Gasteiger partial charge in [0.25, 0.3) is 0 Å². The van der Waals surface area contributed by atoms with E-state index in [1.54, 1.807) is 0 Å². The fourth-order valence-electron chi connectivity index (χ4n) is 9.35. The van der Waals surface area contributed by atoms with Gasteiger partial charge < -0.3 is 10.0 Å². The molecule has 1 aliphatic heterocycles. The maximum atomic E-state index is 13.2. The van der Waals surface area contributed by atoms with Crippen molar-refractivity contribution in [2.75, 3.05) is 13.6 Å². The lowest BCUT2D eigenvalue weighted by atomic mass is 9.52. The van der Waals surface area contributed by atoms with E-state index in [4.69, 9.17) is 0 Å². The number of hydrogen-bond donors (Lipinski definition) is 1. The molecule has 174 valence electrons. The molecule has 4 aliphatic carbocycles. The van der Waals surface area contributed by atoms with Crippen molar-refractivity contribution in [2.45, 2.75) is 91.2 Å². The first kappa shape index (κ1) is 22.1. The minimum atomic E-state index is -0.266. The molecular weight excluding hydrogens is 382 g/mol. The Kier molecular flexibility index (Phi) is 5.49. The number of carbonyl (C=O) groups is 1. The van der Waals surface area contributed by atoms with Crippen molar-refractivity contribution in [3.8, 4) is 0 Å². The molecule has 0 aromatic carbocycles. The smallest absolute Gasteiger partial charge is 0.136 e. The standard InChI is InChI=1S/C28H45NO2/c1-17-6-9-25(29(5)16-17)18(2)19-7-8-22-21-13-26(31)23-12-20(30)10-11-28(23,4)24(21)15-27(22,3)14-19/h7-8,17-25,30H,6,9-16H2,1-5H3/t17?,18-,19+,20-,21-,22-,23+,24-,25?,27+,28-/m0/s1. The van der Waals surface area contributed by atoms with Crippen molar-refractivity contribution in [1.29, 1.82) is 0 Å². The zero-order chi connectivity index (χ0) is 22.1. The molecule has 0 aromatic heterocycles. The van der Waals surface area contributed by atoms with Gasteiger partial charge in [-0.05, 0) is 98.3 Å². The quantitative estimate of drug-likeness (QED) is 0.606. The topological polar surface area (TPSA) is 40.5 Å². The van der Waals surface area contributed by atoms with Crippen LogP contribution in [0, 0.1) is 52.3 Å². The molecule has 2 unspecified atom stereocenters.